The third-order valence-electron chi connectivity index (χ3n) is 6.34. The lowest BCUT2D eigenvalue weighted by molar-refractivity contribution is -0.141. The van der Waals surface area contributed by atoms with Gasteiger partial charge in [0, 0.05) is 14.1 Å². The molecule has 0 bridgehead atoms. The molecule has 0 atom stereocenters. The van der Waals surface area contributed by atoms with E-state index in [0.29, 0.717) is 30.0 Å². The molecule has 0 N–H and O–H groups in total. The number of hydrogen-bond acceptors (Lipinski definition) is 9. The third-order valence-corrected chi connectivity index (χ3v) is 6.34. The third kappa shape index (κ3) is 7.40. The van der Waals surface area contributed by atoms with E-state index in [1.165, 1.54) is 49.6 Å². The average molecular weight is 664 g/mol. The summed E-state index contributed by atoms with van der Waals surface area (Å²) < 4.78 is 109. The second-order valence-corrected chi connectivity index (χ2v) is 9.81. The van der Waals surface area contributed by atoms with Crippen molar-refractivity contribution in [1.29, 1.82) is 0 Å². The number of nitrogens with zero attached hydrogens (tertiary/aromatic N) is 7. The van der Waals surface area contributed by atoms with E-state index in [-0.39, 0.29) is 22.7 Å². The lowest BCUT2D eigenvalue weighted by Gasteiger charge is -2.30. The second kappa shape index (κ2) is 12.9. The molecule has 2 aromatic heterocycles. The normalized spacial score (nSPS) is 11.6. The Kier molecular flexibility index (Phi) is 8.99. The van der Waals surface area contributed by atoms with E-state index in [9.17, 15) is 35.1 Å². The van der Waals surface area contributed by atoms with E-state index in [0.717, 1.165) is 22.3 Å². The maximum absolute atomic E-state index is 14.1. The number of rotatable bonds is 9. The molecule has 0 fully saturated rings. The molecule has 0 saturated carbocycles. The van der Waals surface area contributed by atoms with Crippen molar-refractivity contribution in [2.45, 2.75) is 12.4 Å². The molecule has 244 valence electrons. The van der Waals surface area contributed by atoms with Crippen LogP contribution in [-0.2, 0) is 12.4 Å². The smallest absolute Gasteiger partial charge is 0.376 e. The molecular weight excluding hydrogens is 642 g/mol. The highest BCUT2D eigenvalue weighted by atomic mass is 19.4. The maximum Gasteiger partial charge on any atom is 0.419 e. The van der Waals surface area contributed by atoms with Gasteiger partial charge in [-0.2, -0.15) is 36.5 Å². The molecule has 0 aliphatic heterocycles. The van der Waals surface area contributed by atoms with Gasteiger partial charge in [-0.1, -0.05) is 0 Å². The van der Waals surface area contributed by atoms with Crippen LogP contribution in [0.15, 0.2) is 92.0 Å². The highest BCUT2D eigenvalue weighted by molar-refractivity contribution is 5.80. The first-order valence-corrected chi connectivity index (χ1v) is 13.2. The van der Waals surface area contributed by atoms with Gasteiger partial charge < -0.3 is 14.6 Å². The first kappa shape index (κ1) is 32.6. The van der Waals surface area contributed by atoms with Crippen molar-refractivity contribution < 1.29 is 44.8 Å². The minimum atomic E-state index is -5.03. The molecule has 0 aliphatic rings. The van der Waals surface area contributed by atoms with Crippen LogP contribution in [0, 0.1) is 11.6 Å². The van der Waals surface area contributed by atoms with Gasteiger partial charge in [0.2, 0.25) is 0 Å². The first-order valence-electron chi connectivity index (χ1n) is 13.2. The predicted octanol–water partition coefficient (Wildman–Crippen LogP) is 7.91. The average Bonchev–Trinajstić information content (AvgIpc) is 3.03. The summed E-state index contributed by atoms with van der Waals surface area (Å²) in [6.45, 7) is 0. The van der Waals surface area contributed by atoms with Gasteiger partial charge >= 0.3 is 12.4 Å². The van der Waals surface area contributed by atoms with Crippen LogP contribution in [0.1, 0.15) is 11.1 Å². The van der Waals surface area contributed by atoms with Crippen molar-refractivity contribution >= 4 is 28.4 Å². The number of anilines is 5. The highest BCUT2D eigenvalue weighted by Crippen LogP contribution is 2.41. The second-order valence-electron chi connectivity index (χ2n) is 9.81. The molecule has 0 radical (unpaired) electrons. The highest BCUT2D eigenvalue weighted by Gasteiger charge is 2.36. The van der Waals surface area contributed by atoms with Gasteiger partial charge in [-0.05, 0) is 54.6 Å². The molecule has 2 heterocycles. The zero-order valence-corrected chi connectivity index (χ0v) is 24.1. The fraction of sp³-hybridized carbons (Fsp3) is 0.133. The molecule has 3 aromatic carbocycles. The van der Waals surface area contributed by atoms with Gasteiger partial charge in [-0.15, -0.1) is 0 Å². The van der Waals surface area contributed by atoms with Crippen LogP contribution in [-0.4, -0.2) is 34.0 Å². The van der Waals surface area contributed by atoms with Crippen LogP contribution in [0.5, 0.6) is 11.5 Å². The molecule has 47 heavy (non-hydrogen) atoms. The Morgan fingerprint density at radius 1 is 0.532 bits per heavy atom. The summed E-state index contributed by atoms with van der Waals surface area (Å²) in [7, 11) is 3.32. The number of halogens is 8. The standard InChI is InChI=1S/C30H21F8N7O2/c1-43(2)27-8-3-18(44(19-12-39-16-40-13-19)46-21-4-6-25(31)23(10-21)29(33,34)35)9-28(27)45(20-14-41-17-42-15-20)47-22-5-7-26(32)24(11-22)30(36,37)38/h3-17H,1-2H3. The number of alkyl halides is 6. The lowest BCUT2D eigenvalue weighted by Crippen LogP contribution is -2.27. The van der Waals surface area contributed by atoms with Crippen molar-refractivity contribution in [2.75, 3.05) is 29.1 Å². The molecule has 17 heteroatoms. The molecule has 5 aromatic rings. The van der Waals surface area contributed by atoms with E-state index in [1.807, 2.05) is 0 Å². The Morgan fingerprint density at radius 3 is 1.43 bits per heavy atom. The van der Waals surface area contributed by atoms with Gasteiger partial charge in [0.25, 0.3) is 0 Å². The van der Waals surface area contributed by atoms with E-state index >= 15 is 0 Å². The van der Waals surface area contributed by atoms with Gasteiger partial charge in [0.1, 0.15) is 41.4 Å². The van der Waals surface area contributed by atoms with E-state index in [2.05, 4.69) is 19.9 Å². The quantitative estimate of drug-likeness (QED) is 0.115. The molecule has 0 amide bonds. The van der Waals surface area contributed by atoms with Crippen molar-refractivity contribution in [3.05, 3.63) is 115 Å². The van der Waals surface area contributed by atoms with Crippen LogP contribution in [0.3, 0.4) is 0 Å². The zero-order valence-electron chi connectivity index (χ0n) is 24.1. The zero-order chi connectivity index (χ0) is 33.9. The van der Waals surface area contributed by atoms with Crippen LogP contribution < -0.4 is 24.7 Å². The fourth-order valence-corrected chi connectivity index (χ4v) is 4.23. The maximum atomic E-state index is 14.1. The van der Waals surface area contributed by atoms with Crippen molar-refractivity contribution in [3.8, 4) is 11.5 Å². The summed E-state index contributed by atoms with van der Waals surface area (Å²) in [6, 6.07) is 8.63. The fourth-order valence-electron chi connectivity index (χ4n) is 4.23. The van der Waals surface area contributed by atoms with Gasteiger partial charge in [-0.3, -0.25) is 0 Å². The Morgan fingerprint density at radius 2 is 0.979 bits per heavy atom. The van der Waals surface area contributed by atoms with Crippen LogP contribution in [0.4, 0.5) is 63.6 Å². The molecule has 0 unspecified atom stereocenters. The minimum Gasteiger partial charge on any atom is -0.376 e. The monoisotopic (exact) mass is 663 g/mol. The lowest BCUT2D eigenvalue weighted by atomic mass is 10.2. The van der Waals surface area contributed by atoms with E-state index < -0.39 is 46.6 Å². The van der Waals surface area contributed by atoms with Gasteiger partial charge in [-0.25, -0.2) is 28.7 Å². The number of aromatic nitrogens is 4. The van der Waals surface area contributed by atoms with Crippen molar-refractivity contribution in [1.82, 2.24) is 19.9 Å². The van der Waals surface area contributed by atoms with Gasteiger partial charge in [0.15, 0.2) is 11.5 Å². The summed E-state index contributed by atoms with van der Waals surface area (Å²) in [5.74, 6) is -3.84. The van der Waals surface area contributed by atoms with Gasteiger partial charge in [0.05, 0.1) is 47.3 Å². The predicted molar refractivity (Wildman–Crippen MR) is 153 cm³/mol. The van der Waals surface area contributed by atoms with E-state index in [1.54, 1.807) is 25.1 Å². The molecule has 9 nitrogen and oxygen atoms in total. The molecule has 5 rings (SSSR count). The molecular formula is C30H21F8N7O2. The topological polar surface area (TPSA) is 79.7 Å². The molecule has 0 spiro atoms. The SMILES string of the molecule is CN(C)c1ccc(N(Oc2ccc(F)c(C(F)(F)F)c2)c2cncnc2)cc1N(Oc1ccc(F)c(C(F)(F)F)c1)c1cncnc1. The summed E-state index contributed by atoms with van der Waals surface area (Å²) in [5, 5.41) is 2.13. The minimum absolute atomic E-state index is 0.120. The molecule has 0 aliphatic carbocycles. The Labute approximate surface area is 261 Å². The van der Waals surface area contributed by atoms with Crippen LogP contribution in [0.2, 0.25) is 0 Å². The summed E-state index contributed by atoms with van der Waals surface area (Å²) in [4.78, 5) is 29.1. The number of benzene rings is 3. The van der Waals surface area contributed by atoms with Crippen LogP contribution in [0.25, 0.3) is 0 Å². The summed E-state index contributed by atoms with van der Waals surface area (Å²) >= 11 is 0. The number of hydrogen-bond donors (Lipinski definition) is 0. The molecule has 0 saturated heterocycles. The first-order chi connectivity index (χ1) is 22.2. The Hall–Kier alpha value is -5.74. The largest absolute Gasteiger partial charge is 0.419 e. The summed E-state index contributed by atoms with van der Waals surface area (Å²) in [6.07, 6.45) is -2.48. The van der Waals surface area contributed by atoms with Crippen LogP contribution >= 0.6 is 0 Å². The van der Waals surface area contributed by atoms with E-state index in [4.69, 9.17) is 9.68 Å². The van der Waals surface area contributed by atoms with Crippen molar-refractivity contribution in [3.63, 3.8) is 0 Å². The van der Waals surface area contributed by atoms with Crippen molar-refractivity contribution in [2.24, 2.45) is 0 Å². The Balaban J connectivity index is 1.66. The summed E-state index contributed by atoms with van der Waals surface area (Å²) in [5.41, 5.74) is -2.21. The Bertz CT molecular complexity index is 1840.